The summed E-state index contributed by atoms with van der Waals surface area (Å²) < 4.78 is 22.7. The topological polar surface area (TPSA) is 108 Å². The summed E-state index contributed by atoms with van der Waals surface area (Å²) in [6, 6.07) is -0.895. The second kappa shape index (κ2) is 36.6. The van der Waals surface area contributed by atoms with E-state index in [0.29, 0.717) is 17.4 Å². The van der Waals surface area contributed by atoms with Crippen LogP contribution in [0.15, 0.2) is 24.3 Å². The van der Waals surface area contributed by atoms with Crippen LogP contribution in [0.3, 0.4) is 0 Å². The van der Waals surface area contributed by atoms with Gasteiger partial charge in [0.2, 0.25) is 5.91 Å². The Balaban J connectivity index is 3.79. The maximum atomic E-state index is 12.2. The third-order valence-corrected chi connectivity index (χ3v) is 10.8. The number of amides is 1. The SMILES string of the molecule is CCCCCCCCCCCCCCCCCCCCCCCCCC/C=C/CC/C=C/C(O)C(COP(=O)([O-])OCC[N+](C)(C)C)NC(=O)CCC. The van der Waals surface area contributed by atoms with Crippen LogP contribution in [0, 0.1) is 0 Å². The van der Waals surface area contributed by atoms with Crippen LogP contribution in [0.1, 0.15) is 200 Å². The number of likely N-dealkylation sites (N-methyl/N-ethyl adjacent to an activating group) is 1. The Hall–Kier alpha value is -1.02. The van der Waals surface area contributed by atoms with Crippen LogP contribution in [-0.2, 0) is 18.4 Å². The third-order valence-electron chi connectivity index (χ3n) is 9.88. The number of quaternary nitrogens is 1. The molecule has 0 aromatic rings. The third kappa shape index (κ3) is 39.0. The molecule has 1 amide bonds. The van der Waals surface area contributed by atoms with E-state index in [2.05, 4.69) is 24.4 Å². The van der Waals surface area contributed by atoms with Crippen LogP contribution in [0.2, 0.25) is 0 Å². The molecular weight excluding hydrogens is 683 g/mol. The number of hydrogen-bond acceptors (Lipinski definition) is 6. The zero-order valence-corrected chi connectivity index (χ0v) is 36.4. The fourth-order valence-electron chi connectivity index (χ4n) is 6.39. The number of aliphatic hydroxyl groups is 1. The van der Waals surface area contributed by atoms with Crippen molar-refractivity contribution < 1.29 is 32.9 Å². The van der Waals surface area contributed by atoms with Crippen molar-refractivity contribution in [1.82, 2.24) is 5.32 Å². The number of rotatable bonds is 40. The molecule has 53 heavy (non-hydrogen) atoms. The molecule has 8 nitrogen and oxygen atoms in total. The molecule has 0 aliphatic carbocycles. The van der Waals surface area contributed by atoms with Gasteiger partial charge in [-0.25, -0.2) is 0 Å². The van der Waals surface area contributed by atoms with E-state index in [0.717, 1.165) is 19.3 Å². The summed E-state index contributed by atoms with van der Waals surface area (Å²) in [5.41, 5.74) is 0. The highest BCUT2D eigenvalue weighted by molar-refractivity contribution is 7.45. The predicted octanol–water partition coefficient (Wildman–Crippen LogP) is 11.5. The molecule has 0 rings (SSSR count). The Morgan fingerprint density at radius 3 is 1.49 bits per heavy atom. The largest absolute Gasteiger partial charge is 0.756 e. The van der Waals surface area contributed by atoms with Crippen LogP contribution in [0.25, 0.3) is 0 Å². The number of allylic oxidation sites excluding steroid dienone is 3. The van der Waals surface area contributed by atoms with Gasteiger partial charge in [-0.3, -0.25) is 9.36 Å². The van der Waals surface area contributed by atoms with Crippen LogP contribution in [0.4, 0.5) is 0 Å². The van der Waals surface area contributed by atoms with Gasteiger partial charge in [-0.15, -0.1) is 0 Å². The number of nitrogens with zero attached hydrogens (tertiary/aromatic N) is 1. The first-order chi connectivity index (χ1) is 25.5. The number of nitrogens with one attached hydrogen (secondary N) is 1. The zero-order chi connectivity index (χ0) is 39.3. The normalized spacial score (nSPS) is 14.6. The smallest absolute Gasteiger partial charge is 0.268 e. The molecule has 0 aromatic heterocycles. The summed E-state index contributed by atoms with van der Waals surface area (Å²) in [5.74, 6) is -0.260. The van der Waals surface area contributed by atoms with E-state index in [1.165, 1.54) is 154 Å². The monoisotopic (exact) mass is 771 g/mol. The first-order valence-corrected chi connectivity index (χ1v) is 23.7. The van der Waals surface area contributed by atoms with Gasteiger partial charge in [0.05, 0.1) is 39.9 Å². The van der Waals surface area contributed by atoms with E-state index in [1.54, 1.807) is 6.08 Å². The lowest BCUT2D eigenvalue weighted by Gasteiger charge is -2.29. The summed E-state index contributed by atoms with van der Waals surface area (Å²) in [6.07, 6.45) is 44.3. The van der Waals surface area contributed by atoms with Crippen molar-refractivity contribution in [3.05, 3.63) is 24.3 Å². The lowest BCUT2D eigenvalue weighted by molar-refractivity contribution is -0.870. The van der Waals surface area contributed by atoms with Crippen LogP contribution >= 0.6 is 7.82 Å². The average molecular weight is 771 g/mol. The molecule has 3 atom stereocenters. The van der Waals surface area contributed by atoms with E-state index in [4.69, 9.17) is 9.05 Å². The van der Waals surface area contributed by atoms with Gasteiger partial charge >= 0.3 is 0 Å². The van der Waals surface area contributed by atoms with Crippen LogP contribution < -0.4 is 10.2 Å². The van der Waals surface area contributed by atoms with E-state index in [9.17, 15) is 19.4 Å². The van der Waals surface area contributed by atoms with Gasteiger partial charge in [0.15, 0.2) is 0 Å². The fraction of sp³-hybridized carbons (Fsp3) is 0.886. The maximum Gasteiger partial charge on any atom is 0.268 e. The zero-order valence-electron chi connectivity index (χ0n) is 35.5. The molecule has 0 bridgehead atoms. The minimum atomic E-state index is -4.56. The summed E-state index contributed by atoms with van der Waals surface area (Å²) in [4.78, 5) is 24.4. The molecule has 0 aromatic carbocycles. The Kier molecular flexibility index (Phi) is 35.9. The highest BCUT2D eigenvalue weighted by atomic mass is 31.2. The van der Waals surface area contributed by atoms with Crippen molar-refractivity contribution in [2.45, 2.75) is 212 Å². The number of unbranched alkanes of at least 4 members (excludes halogenated alkanes) is 25. The van der Waals surface area contributed by atoms with E-state index < -0.39 is 26.6 Å². The first kappa shape index (κ1) is 52.0. The van der Waals surface area contributed by atoms with Crippen LogP contribution in [-0.4, -0.2) is 68.5 Å². The Bertz CT molecular complexity index is 922. The van der Waals surface area contributed by atoms with Crippen molar-refractivity contribution in [1.29, 1.82) is 0 Å². The molecule has 0 saturated carbocycles. The van der Waals surface area contributed by atoms with Gasteiger partial charge in [0.25, 0.3) is 7.82 Å². The Morgan fingerprint density at radius 1 is 0.642 bits per heavy atom. The van der Waals surface area contributed by atoms with Gasteiger partial charge in [0, 0.05) is 6.42 Å². The molecule has 314 valence electrons. The van der Waals surface area contributed by atoms with Crippen molar-refractivity contribution in [2.75, 3.05) is 40.9 Å². The number of hydrogen-bond donors (Lipinski definition) is 2. The second-order valence-corrected chi connectivity index (χ2v) is 17.8. The van der Waals surface area contributed by atoms with Gasteiger partial charge in [0.1, 0.15) is 13.2 Å². The Labute approximate surface area is 328 Å². The van der Waals surface area contributed by atoms with E-state index in [1.807, 2.05) is 34.1 Å². The molecular formula is C44H87N2O6P. The summed E-state index contributed by atoms with van der Waals surface area (Å²) >= 11 is 0. The molecule has 0 aliphatic heterocycles. The molecule has 9 heteroatoms. The molecule has 0 fully saturated rings. The lowest BCUT2D eigenvalue weighted by atomic mass is 10.0. The number of aliphatic hydroxyl groups excluding tert-OH is 1. The highest BCUT2D eigenvalue weighted by Crippen LogP contribution is 2.38. The summed E-state index contributed by atoms with van der Waals surface area (Å²) in [6.45, 7) is 4.26. The van der Waals surface area contributed by atoms with Gasteiger partial charge < -0.3 is 28.8 Å². The van der Waals surface area contributed by atoms with Crippen molar-refractivity contribution in [3.63, 3.8) is 0 Å². The fourth-order valence-corrected chi connectivity index (χ4v) is 7.11. The lowest BCUT2D eigenvalue weighted by Crippen LogP contribution is -2.45. The standard InChI is InChI=1S/C44H87N2O6P/c1-6-8-9-10-11-12-13-14-15-16-17-18-19-20-21-22-23-24-25-26-27-28-29-30-31-32-33-34-35-36-38-43(47)42(45-44(48)37-7-2)41-52-53(49,50)51-40-39-46(3,4)5/h32-33,36,38,42-43,47H,6-31,34-35,37,39-41H2,1-5H3,(H-,45,48,49,50)/b33-32+,38-36+. The van der Waals surface area contributed by atoms with E-state index >= 15 is 0 Å². The number of phosphoric ester groups is 1. The van der Waals surface area contributed by atoms with Crippen molar-refractivity contribution in [2.24, 2.45) is 0 Å². The second-order valence-electron chi connectivity index (χ2n) is 16.4. The number of carbonyl (C=O) groups is 1. The summed E-state index contributed by atoms with van der Waals surface area (Å²) in [5, 5.41) is 13.4. The van der Waals surface area contributed by atoms with Gasteiger partial charge in [-0.05, 0) is 32.1 Å². The molecule has 2 N–H and O–H groups in total. The minimum Gasteiger partial charge on any atom is -0.756 e. The molecule has 0 radical (unpaired) electrons. The van der Waals surface area contributed by atoms with Gasteiger partial charge in [-0.1, -0.05) is 186 Å². The Morgan fingerprint density at radius 2 is 1.06 bits per heavy atom. The maximum absolute atomic E-state index is 12.2. The summed E-state index contributed by atoms with van der Waals surface area (Å²) in [7, 11) is 1.24. The molecule has 0 saturated heterocycles. The molecule has 0 spiro atoms. The quantitative estimate of drug-likeness (QED) is 0.0278. The molecule has 0 aliphatic rings. The van der Waals surface area contributed by atoms with Crippen molar-refractivity contribution >= 4 is 13.7 Å². The van der Waals surface area contributed by atoms with E-state index in [-0.39, 0.29) is 18.9 Å². The average Bonchev–Trinajstić information content (AvgIpc) is 3.10. The number of phosphoric acid groups is 1. The van der Waals surface area contributed by atoms with Crippen molar-refractivity contribution in [3.8, 4) is 0 Å². The minimum absolute atomic E-state index is 0.00716. The van der Waals surface area contributed by atoms with Crippen LogP contribution in [0.5, 0.6) is 0 Å². The highest BCUT2D eigenvalue weighted by Gasteiger charge is 2.23. The first-order valence-electron chi connectivity index (χ1n) is 22.2. The van der Waals surface area contributed by atoms with Gasteiger partial charge in [-0.2, -0.15) is 0 Å². The molecule has 3 unspecified atom stereocenters. The predicted molar refractivity (Wildman–Crippen MR) is 224 cm³/mol. The number of carbonyl (C=O) groups excluding carboxylic acids is 1. The molecule has 0 heterocycles.